The highest BCUT2D eigenvalue weighted by Crippen LogP contribution is 2.26. The average molecular weight is 173 g/mol. The van der Waals surface area contributed by atoms with Crippen LogP contribution in [0.3, 0.4) is 0 Å². The molecule has 0 saturated heterocycles. The summed E-state index contributed by atoms with van der Waals surface area (Å²) in [7, 11) is 0. The minimum Gasteiger partial charge on any atom is -0.103 e. The lowest BCUT2D eigenvalue weighted by Gasteiger charge is -2.22. The molecule has 0 rings (SSSR count). The zero-order valence-electron chi connectivity index (χ0n) is 7.60. The molecule has 1 heteroatoms. The molecule has 1 atom stereocenters. The second-order valence-electron chi connectivity index (χ2n) is 3.69. The Hall–Kier alpha value is -0.230. The van der Waals surface area contributed by atoms with Crippen LogP contribution in [0.4, 0.5) is 0 Å². The molecule has 0 amide bonds. The summed E-state index contributed by atoms with van der Waals surface area (Å²) in [4.78, 5) is 0. The predicted molar refractivity (Wildman–Crippen MR) is 52.8 cm³/mol. The monoisotopic (exact) mass is 172 g/mol. The van der Waals surface area contributed by atoms with Gasteiger partial charge in [0.25, 0.3) is 0 Å². The van der Waals surface area contributed by atoms with Gasteiger partial charge in [-0.2, -0.15) is 0 Å². The maximum atomic E-state index is 5.46. The highest BCUT2D eigenvalue weighted by atomic mass is 35.5. The summed E-state index contributed by atoms with van der Waals surface area (Å²) in [6.45, 7) is 10.3. The highest BCUT2D eigenvalue weighted by molar-refractivity contribution is 6.25. The number of allylic oxidation sites excluding steroid dienone is 2. The Morgan fingerprint density at radius 3 is 2.45 bits per heavy atom. The van der Waals surface area contributed by atoms with Gasteiger partial charge in [-0.15, -0.1) is 6.58 Å². The van der Waals surface area contributed by atoms with E-state index in [0.717, 1.165) is 6.42 Å². The molecule has 0 aromatic rings. The van der Waals surface area contributed by atoms with Gasteiger partial charge in [0.2, 0.25) is 0 Å². The molecule has 0 radical (unpaired) electrons. The molecule has 0 N–H and O–H groups in total. The molecule has 0 bridgehead atoms. The fourth-order valence-corrected chi connectivity index (χ4v) is 1.35. The third-order valence-corrected chi connectivity index (χ3v) is 1.95. The van der Waals surface area contributed by atoms with E-state index in [2.05, 4.69) is 27.4 Å². The largest absolute Gasteiger partial charge is 0.103 e. The normalized spacial score (nSPS) is 15.3. The van der Waals surface area contributed by atoms with Crippen LogP contribution in [0.2, 0.25) is 0 Å². The first kappa shape index (κ1) is 10.8. The number of rotatable bonds is 4. The first-order valence-electron chi connectivity index (χ1n) is 3.92. The third-order valence-electron chi connectivity index (χ3n) is 1.80. The Morgan fingerprint density at radius 2 is 2.09 bits per heavy atom. The van der Waals surface area contributed by atoms with Gasteiger partial charge in [-0.1, -0.05) is 44.5 Å². The molecule has 64 valence electrons. The van der Waals surface area contributed by atoms with E-state index in [-0.39, 0.29) is 5.41 Å². The molecule has 1 unspecified atom stereocenters. The molecule has 0 nitrogen and oxygen atoms in total. The van der Waals surface area contributed by atoms with Gasteiger partial charge in [-0.05, 0) is 17.8 Å². The van der Waals surface area contributed by atoms with Crippen molar-refractivity contribution in [3.8, 4) is 0 Å². The molecule has 0 fully saturated rings. The summed E-state index contributed by atoms with van der Waals surface area (Å²) in [6, 6.07) is 0. The maximum absolute atomic E-state index is 5.46. The Morgan fingerprint density at radius 1 is 1.55 bits per heavy atom. The van der Waals surface area contributed by atoms with Crippen molar-refractivity contribution >= 4 is 11.6 Å². The summed E-state index contributed by atoms with van der Waals surface area (Å²) in [5.41, 5.74) is 1.81. The molecular weight excluding hydrogens is 156 g/mol. The van der Waals surface area contributed by atoms with Gasteiger partial charge in [0, 0.05) is 5.54 Å². The van der Waals surface area contributed by atoms with Crippen molar-refractivity contribution < 1.29 is 0 Å². The van der Waals surface area contributed by atoms with Crippen molar-refractivity contribution in [2.45, 2.75) is 27.2 Å². The lowest BCUT2D eigenvalue weighted by molar-refractivity contribution is 0.388. The van der Waals surface area contributed by atoms with Crippen LogP contribution in [-0.2, 0) is 0 Å². The van der Waals surface area contributed by atoms with Crippen molar-refractivity contribution in [1.82, 2.24) is 0 Å². The number of hydrogen-bond acceptors (Lipinski definition) is 0. The highest BCUT2D eigenvalue weighted by Gasteiger charge is 2.15. The van der Waals surface area contributed by atoms with Crippen LogP contribution in [0, 0.1) is 11.3 Å². The van der Waals surface area contributed by atoms with Crippen molar-refractivity contribution in [3.63, 3.8) is 0 Å². The van der Waals surface area contributed by atoms with Crippen LogP contribution in [-0.4, -0.2) is 0 Å². The lowest BCUT2D eigenvalue weighted by atomic mass is 9.84. The van der Waals surface area contributed by atoms with E-state index in [9.17, 15) is 0 Å². The molecule has 0 saturated carbocycles. The van der Waals surface area contributed by atoms with Crippen molar-refractivity contribution in [1.29, 1.82) is 0 Å². The first-order valence-corrected chi connectivity index (χ1v) is 4.36. The quantitative estimate of drug-likeness (QED) is 0.563. The average Bonchev–Trinajstić information content (AvgIpc) is 1.87. The summed E-state index contributed by atoms with van der Waals surface area (Å²) in [6.07, 6.45) is 5.10. The maximum Gasteiger partial charge on any atom is 0.000515 e. The molecule has 0 aromatic heterocycles. The van der Waals surface area contributed by atoms with Crippen molar-refractivity contribution in [3.05, 3.63) is 24.3 Å². The zero-order chi connectivity index (χ0) is 8.91. The van der Waals surface area contributed by atoms with E-state index in [1.165, 1.54) is 0 Å². The van der Waals surface area contributed by atoms with E-state index >= 15 is 0 Å². The van der Waals surface area contributed by atoms with Gasteiger partial charge in [-0.3, -0.25) is 0 Å². The van der Waals surface area contributed by atoms with Gasteiger partial charge in [0.15, 0.2) is 0 Å². The summed E-state index contributed by atoms with van der Waals surface area (Å²) < 4.78 is 0. The predicted octanol–water partition coefficient (Wildman–Crippen LogP) is 3.98. The molecule has 0 aliphatic carbocycles. The standard InChI is InChI=1S/C10H17Cl/c1-5-10(3,4)8-9(2)6-7-11/h5-7,9H,1,8H2,2-4H3/b7-6+. The van der Waals surface area contributed by atoms with Gasteiger partial charge < -0.3 is 0 Å². The fourth-order valence-electron chi connectivity index (χ4n) is 1.11. The van der Waals surface area contributed by atoms with E-state index in [4.69, 9.17) is 11.6 Å². The van der Waals surface area contributed by atoms with Crippen LogP contribution in [0.5, 0.6) is 0 Å². The minimum absolute atomic E-state index is 0.218. The SMILES string of the molecule is C=CC(C)(C)CC(C)/C=C/Cl. The molecule has 0 aliphatic heterocycles. The molecule has 0 aromatic carbocycles. The van der Waals surface area contributed by atoms with Gasteiger partial charge in [-0.25, -0.2) is 0 Å². The van der Waals surface area contributed by atoms with Gasteiger partial charge in [0.05, 0.1) is 0 Å². The van der Waals surface area contributed by atoms with E-state index in [1.54, 1.807) is 5.54 Å². The Bertz CT molecular complexity index is 145. The first-order chi connectivity index (χ1) is 5.02. The third kappa shape index (κ3) is 5.09. The second-order valence-corrected chi connectivity index (χ2v) is 3.94. The molecule has 0 aliphatic rings. The zero-order valence-corrected chi connectivity index (χ0v) is 8.36. The van der Waals surface area contributed by atoms with Crippen LogP contribution in [0.25, 0.3) is 0 Å². The van der Waals surface area contributed by atoms with Crippen molar-refractivity contribution in [2.24, 2.45) is 11.3 Å². The smallest absolute Gasteiger partial charge is 0.000515 e. The number of hydrogen-bond donors (Lipinski definition) is 0. The molecule has 0 heterocycles. The minimum atomic E-state index is 0.218. The lowest BCUT2D eigenvalue weighted by Crippen LogP contribution is -2.10. The molecular formula is C10H17Cl. The Kier molecular flexibility index (Phi) is 4.51. The van der Waals surface area contributed by atoms with Crippen LogP contribution in [0.1, 0.15) is 27.2 Å². The van der Waals surface area contributed by atoms with Crippen LogP contribution >= 0.6 is 11.6 Å². The van der Waals surface area contributed by atoms with Crippen LogP contribution < -0.4 is 0 Å². The Balaban J connectivity index is 3.92. The topological polar surface area (TPSA) is 0 Å². The summed E-state index contributed by atoms with van der Waals surface area (Å²) in [5, 5.41) is 0. The van der Waals surface area contributed by atoms with E-state index in [1.807, 2.05) is 12.2 Å². The summed E-state index contributed by atoms with van der Waals surface area (Å²) >= 11 is 5.46. The summed E-state index contributed by atoms with van der Waals surface area (Å²) in [5.74, 6) is 0.528. The second kappa shape index (κ2) is 4.61. The van der Waals surface area contributed by atoms with Crippen molar-refractivity contribution in [2.75, 3.05) is 0 Å². The van der Waals surface area contributed by atoms with E-state index in [0.29, 0.717) is 5.92 Å². The fraction of sp³-hybridized carbons (Fsp3) is 0.600. The number of halogens is 1. The molecule has 0 spiro atoms. The Labute approximate surface area is 74.9 Å². The van der Waals surface area contributed by atoms with Gasteiger partial charge >= 0.3 is 0 Å². The molecule has 11 heavy (non-hydrogen) atoms. The van der Waals surface area contributed by atoms with Gasteiger partial charge in [0.1, 0.15) is 0 Å². The van der Waals surface area contributed by atoms with E-state index < -0.39 is 0 Å². The van der Waals surface area contributed by atoms with Crippen LogP contribution in [0.15, 0.2) is 24.3 Å².